The summed E-state index contributed by atoms with van der Waals surface area (Å²) >= 11 is 8.10. The number of thioether (sulfide) groups is 2. The molecule has 43 heavy (non-hydrogen) atoms. The molecular weight excluding hydrogens is 691 g/mol. The van der Waals surface area contributed by atoms with Crippen LogP contribution in [0.3, 0.4) is 0 Å². The van der Waals surface area contributed by atoms with Gasteiger partial charge in [0.05, 0.1) is 15.0 Å². The monoisotopic (exact) mass is 712 g/mol. The van der Waals surface area contributed by atoms with Crippen molar-refractivity contribution in [2.75, 3.05) is 6.26 Å². The number of rotatable bonds is 8. The Bertz CT molecular complexity index is 1780. The first kappa shape index (κ1) is 31.3. The molecule has 0 N–H and O–H groups in total. The molecule has 0 bridgehead atoms. The van der Waals surface area contributed by atoms with Gasteiger partial charge in [0.2, 0.25) is 5.41 Å². The maximum absolute atomic E-state index is 16.7. The lowest BCUT2D eigenvalue weighted by molar-refractivity contribution is -0.195. The smallest absolute Gasteiger partial charge is 0.227 e. The van der Waals surface area contributed by atoms with Crippen LogP contribution in [0.4, 0.5) is 22.0 Å². The fourth-order valence-electron chi connectivity index (χ4n) is 5.04. The van der Waals surface area contributed by atoms with Crippen LogP contribution in [0.1, 0.15) is 26.1 Å². The highest BCUT2D eigenvalue weighted by Crippen LogP contribution is 2.69. The van der Waals surface area contributed by atoms with Crippen LogP contribution in [-0.4, -0.2) is 23.5 Å². The van der Waals surface area contributed by atoms with Gasteiger partial charge in [-0.1, -0.05) is 52.3 Å². The molecule has 4 aromatic heterocycles. The Morgan fingerprint density at radius 2 is 1.58 bits per heavy atom. The van der Waals surface area contributed by atoms with E-state index in [9.17, 15) is 0 Å². The summed E-state index contributed by atoms with van der Waals surface area (Å²) in [6.45, 7) is 3.75. The summed E-state index contributed by atoms with van der Waals surface area (Å²) in [6.07, 6.45) is 10.9. The molecule has 0 fully saturated rings. The van der Waals surface area contributed by atoms with E-state index in [4.69, 9.17) is 0 Å². The van der Waals surface area contributed by atoms with E-state index in [1.165, 1.54) is 84.2 Å². The minimum atomic E-state index is -5.03. The first-order valence-electron chi connectivity index (χ1n) is 12.7. The zero-order chi connectivity index (χ0) is 30.6. The molecule has 2 aliphatic rings. The van der Waals surface area contributed by atoms with Crippen molar-refractivity contribution in [3.63, 3.8) is 0 Å². The molecular formula is C31H22F5PS6. The summed E-state index contributed by atoms with van der Waals surface area (Å²) < 4.78 is 80.9. The topological polar surface area (TPSA) is 0 Å². The van der Waals surface area contributed by atoms with Crippen molar-refractivity contribution < 1.29 is 22.0 Å². The molecule has 0 saturated carbocycles. The van der Waals surface area contributed by atoms with Crippen LogP contribution < -0.4 is 0 Å². The maximum atomic E-state index is 16.7. The normalized spacial score (nSPS) is 23.0. The lowest BCUT2D eigenvalue weighted by Gasteiger charge is -2.28. The first-order valence-corrected chi connectivity index (χ1v) is 18.9. The Hall–Kier alpha value is -1.72. The number of allylic oxidation sites excluding steroid dienone is 6. The van der Waals surface area contributed by atoms with E-state index in [1.807, 2.05) is 35.3 Å². The zero-order valence-corrected chi connectivity index (χ0v) is 28.3. The van der Waals surface area contributed by atoms with Gasteiger partial charge in [-0.05, 0) is 52.8 Å². The third-order valence-electron chi connectivity index (χ3n) is 7.00. The minimum absolute atomic E-state index is 0.0620. The Labute approximate surface area is 273 Å². The van der Waals surface area contributed by atoms with Crippen molar-refractivity contribution in [3.8, 4) is 19.5 Å². The average Bonchev–Trinajstić information content (AvgIpc) is 3.81. The quantitative estimate of drug-likeness (QED) is 0.101. The van der Waals surface area contributed by atoms with Gasteiger partial charge in [0, 0.05) is 46.7 Å². The van der Waals surface area contributed by atoms with Crippen LogP contribution in [0.15, 0.2) is 89.5 Å². The van der Waals surface area contributed by atoms with Gasteiger partial charge in [0.15, 0.2) is 0 Å². The van der Waals surface area contributed by atoms with Crippen molar-refractivity contribution in [1.29, 1.82) is 0 Å². The number of hydrogen-bond donors (Lipinski definition) is 0. The molecule has 0 saturated heterocycles. The molecule has 0 radical (unpaired) electrons. The SMILES string of the molecule is C=C/C=C(\SC)c1cc(C2=C(c3cc([C@@H]4C=CC=CS4)sc3-c3cccs3)[C@](F)(P)C(F)(F)C2(F)F)c(-c2cccs2)s1. The van der Waals surface area contributed by atoms with E-state index < -0.39 is 28.4 Å². The summed E-state index contributed by atoms with van der Waals surface area (Å²) in [5.41, 5.74) is -1.70. The van der Waals surface area contributed by atoms with Crippen molar-refractivity contribution in [2.45, 2.75) is 22.5 Å². The largest absolute Gasteiger partial charge is 0.355 e. The number of alkyl halides is 5. The Kier molecular flexibility index (Phi) is 8.65. The summed E-state index contributed by atoms with van der Waals surface area (Å²) in [6, 6.07) is 10.2. The third-order valence-corrected chi connectivity index (χ3v) is 14.2. The Balaban J connectivity index is 1.70. The van der Waals surface area contributed by atoms with Gasteiger partial charge in [0.1, 0.15) is 0 Å². The van der Waals surface area contributed by atoms with E-state index >= 15 is 22.0 Å². The van der Waals surface area contributed by atoms with Gasteiger partial charge in [-0.2, -0.15) is 17.6 Å². The maximum Gasteiger partial charge on any atom is 0.355 e. The number of halogens is 5. The molecule has 0 nitrogen and oxygen atoms in total. The summed E-state index contributed by atoms with van der Waals surface area (Å²) in [7, 11) is 1.46. The Morgan fingerprint density at radius 3 is 2.14 bits per heavy atom. The second-order valence-corrected chi connectivity index (χ2v) is 16.3. The van der Waals surface area contributed by atoms with E-state index in [0.29, 0.717) is 24.4 Å². The van der Waals surface area contributed by atoms with Crippen LogP contribution in [-0.2, 0) is 0 Å². The molecule has 1 aliphatic carbocycles. The number of hydrogen-bond acceptors (Lipinski definition) is 6. The van der Waals surface area contributed by atoms with E-state index in [-0.39, 0.29) is 16.4 Å². The molecule has 1 unspecified atom stereocenters. The molecule has 5 heterocycles. The molecule has 0 spiro atoms. The predicted molar refractivity (Wildman–Crippen MR) is 186 cm³/mol. The average molecular weight is 713 g/mol. The van der Waals surface area contributed by atoms with Crippen molar-refractivity contribution >= 4 is 94.2 Å². The van der Waals surface area contributed by atoms with E-state index in [1.54, 1.807) is 47.9 Å². The lowest BCUT2D eigenvalue weighted by Crippen LogP contribution is -2.48. The third kappa shape index (κ3) is 5.13. The molecule has 0 amide bonds. The lowest BCUT2D eigenvalue weighted by atomic mass is 9.94. The van der Waals surface area contributed by atoms with E-state index in [2.05, 4.69) is 6.58 Å². The molecule has 12 heteroatoms. The van der Waals surface area contributed by atoms with Crippen molar-refractivity contribution in [2.24, 2.45) is 0 Å². The Morgan fingerprint density at radius 1 is 0.930 bits per heavy atom. The van der Waals surface area contributed by atoms with Gasteiger partial charge < -0.3 is 0 Å². The van der Waals surface area contributed by atoms with Crippen molar-refractivity contribution in [3.05, 3.63) is 110 Å². The molecule has 4 aromatic rings. The van der Waals surface area contributed by atoms with Crippen LogP contribution in [0.25, 0.3) is 35.6 Å². The summed E-state index contributed by atoms with van der Waals surface area (Å²) in [5, 5.41) is 1.63. The van der Waals surface area contributed by atoms with Gasteiger partial charge in [-0.3, -0.25) is 0 Å². The van der Waals surface area contributed by atoms with Crippen LogP contribution >= 0.6 is 78.1 Å². The standard InChI is InChI=1S/C31H22F5PS6/c1-3-8-19(38-2)23-15-17(27(42-23)21-10-6-13-40-21)25-26(30(34,37)31(35,36)29(25,32)33)18-16-24(20-9-4-5-12-39-20)43-28(18)22-11-7-14-41-22/h3-16,20H,1,37H2,2H3/b19-8-/t20-,30-/m0/s1. The molecule has 3 atom stereocenters. The minimum Gasteiger partial charge on any atom is -0.227 e. The van der Waals surface area contributed by atoms with Crippen molar-refractivity contribution in [1.82, 2.24) is 0 Å². The highest BCUT2D eigenvalue weighted by molar-refractivity contribution is 8.07. The fraction of sp³-hybridized carbons (Fsp3) is 0.161. The fourth-order valence-corrected chi connectivity index (χ4v) is 11.4. The summed E-state index contributed by atoms with van der Waals surface area (Å²) in [5.74, 6) is -9.83. The van der Waals surface area contributed by atoms with Gasteiger partial charge in [0.25, 0.3) is 0 Å². The number of thiophene rings is 4. The predicted octanol–water partition coefficient (Wildman–Crippen LogP) is 12.8. The molecule has 0 aromatic carbocycles. The molecule has 222 valence electrons. The highest BCUT2D eigenvalue weighted by atomic mass is 32.2. The second-order valence-electron chi connectivity index (χ2n) is 9.55. The zero-order valence-electron chi connectivity index (χ0n) is 22.3. The van der Waals surface area contributed by atoms with Crippen LogP contribution in [0.2, 0.25) is 0 Å². The van der Waals surface area contributed by atoms with Crippen LogP contribution in [0.5, 0.6) is 0 Å². The first-order chi connectivity index (χ1) is 20.5. The van der Waals surface area contributed by atoms with E-state index in [0.717, 1.165) is 9.78 Å². The van der Waals surface area contributed by atoms with Crippen LogP contribution in [0, 0.1) is 0 Å². The molecule has 6 rings (SSSR count). The van der Waals surface area contributed by atoms with Gasteiger partial charge >= 0.3 is 11.8 Å². The van der Waals surface area contributed by atoms with Gasteiger partial charge in [-0.25, -0.2) is 4.39 Å². The second kappa shape index (κ2) is 11.9. The summed E-state index contributed by atoms with van der Waals surface area (Å²) in [4.78, 5) is 4.32. The van der Waals surface area contributed by atoms with Gasteiger partial charge in [-0.15, -0.1) is 68.9 Å². The highest BCUT2D eigenvalue weighted by Gasteiger charge is 2.77. The molecule has 1 aliphatic heterocycles.